The first-order valence-electron chi connectivity index (χ1n) is 10.6. The molecule has 27 heavy (non-hydrogen) atoms. The van der Waals surface area contributed by atoms with E-state index in [2.05, 4.69) is 45.9 Å². The number of benzene rings is 1. The molecular formula is C22H33N3OS. The Bertz CT molecular complexity index is 593. The minimum Gasteiger partial charge on any atom is -0.360 e. The van der Waals surface area contributed by atoms with Crippen LogP contribution in [0.15, 0.2) is 30.3 Å². The zero-order chi connectivity index (χ0) is 18.9. The Labute approximate surface area is 169 Å². The fraction of sp³-hybridized carbons (Fsp3) is 0.636. The third-order valence-corrected chi connectivity index (χ3v) is 6.15. The fourth-order valence-corrected chi connectivity index (χ4v) is 4.58. The lowest BCUT2D eigenvalue weighted by molar-refractivity contribution is -0.120. The number of thiocarbonyl (C=S) groups is 1. The molecule has 2 N–H and O–H groups in total. The second kappa shape index (κ2) is 10.8. The third-order valence-electron chi connectivity index (χ3n) is 5.93. The van der Waals surface area contributed by atoms with Gasteiger partial charge in [0.1, 0.15) is 0 Å². The maximum absolute atomic E-state index is 12.1. The van der Waals surface area contributed by atoms with Crippen molar-refractivity contribution in [2.24, 2.45) is 5.92 Å². The van der Waals surface area contributed by atoms with Gasteiger partial charge < -0.3 is 10.6 Å². The molecule has 0 spiro atoms. The summed E-state index contributed by atoms with van der Waals surface area (Å²) in [6, 6.07) is 11.0. The van der Waals surface area contributed by atoms with E-state index in [0.29, 0.717) is 17.6 Å². The standard InChI is InChI=1S/C22H33N3OS/c26-21(12-11-18-7-3-1-4-8-18)24-22(27)23-20-13-15-25(16-14-20)17-19-9-5-2-6-10-19/h2,5-6,9-10,18,20H,1,3-4,7-8,11-17H2,(H2,23,24,26,27). The van der Waals surface area contributed by atoms with Crippen LogP contribution in [0, 0.1) is 5.92 Å². The van der Waals surface area contributed by atoms with E-state index in [-0.39, 0.29) is 5.91 Å². The molecule has 1 aromatic rings. The minimum absolute atomic E-state index is 0.0691. The highest BCUT2D eigenvalue weighted by molar-refractivity contribution is 7.80. The first-order chi connectivity index (χ1) is 13.2. The van der Waals surface area contributed by atoms with Crippen molar-refractivity contribution in [3.05, 3.63) is 35.9 Å². The maximum Gasteiger partial charge on any atom is 0.226 e. The number of carbonyl (C=O) groups is 1. The van der Waals surface area contributed by atoms with E-state index in [1.807, 2.05) is 0 Å². The highest BCUT2D eigenvalue weighted by Gasteiger charge is 2.20. The summed E-state index contributed by atoms with van der Waals surface area (Å²) in [5.41, 5.74) is 1.37. The number of nitrogens with zero attached hydrogens (tertiary/aromatic N) is 1. The molecule has 1 saturated carbocycles. The molecule has 148 valence electrons. The SMILES string of the molecule is O=C(CCC1CCCCC1)NC(=S)NC1CCN(Cc2ccccc2)CC1. The molecule has 3 rings (SSSR count). The van der Waals surface area contributed by atoms with Gasteiger partial charge >= 0.3 is 0 Å². The van der Waals surface area contributed by atoms with Gasteiger partial charge in [-0.05, 0) is 43.0 Å². The Hall–Kier alpha value is -1.46. The summed E-state index contributed by atoms with van der Waals surface area (Å²) in [7, 11) is 0. The Kier molecular flexibility index (Phi) is 8.09. The number of carbonyl (C=O) groups excluding carboxylic acids is 1. The summed E-state index contributed by atoms with van der Waals surface area (Å²) < 4.78 is 0. The smallest absolute Gasteiger partial charge is 0.226 e. The number of hydrogen-bond donors (Lipinski definition) is 2. The van der Waals surface area contributed by atoms with Crippen LogP contribution >= 0.6 is 12.2 Å². The van der Waals surface area contributed by atoms with Crippen LogP contribution in [0.5, 0.6) is 0 Å². The highest BCUT2D eigenvalue weighted by atomic mass is 32.1. The van der Waals surface area contributed by atoms with E-state index >= 15 is 0 Å². The summed E-state index contributed by atoms with van der Waals surface area (Å²) in [6.45, 7) is 3.13. The van der Waals surface area contributed by atoms with Gasteiger partial charge in [-0.25, -0.2) is 0 Å². The van der Waals surface area contributed by atoms with E-state index in [0.717, 1.165) is 44.8 Å². The number of hydrogen-bond acceptors (Lipinski definition) is 3. The summed E-state index contributed by atoms with van der Waals surface area (Å²) >= 11 is 5.36. The summed E-state index contributed by atoms with van der Waals surface area (Å²) in [5.74, 6) is 0.805. The number of piperidine rings is 1. The van der Waals surface area contributed by atoms with Crippen molar-refractivity contribution in [3.63, 3.8) is 0 Å². The van der Waals surface area contributed by atoms with Crippen molar-refractivity contribution in [1.82, 2.24) is 15.5 Å². The molecule has 1 amide bonds. The predicted molar refractivity (Wildman–Crippen MR) is 114 cm³/mol. The molecule has 1 aliphatic heterocycles. The van der Waals surface area contributed by atoms with Crippen molar-refractivity contribution < 1.29 is 4.79 Å². The minimum atomic E-state index is 0.0691. The molecule has 0 unspecified atom stereocenters. The Morgan fingerprint density at radius 2 is 1.74 bits per heavy atom. The van der Waals surface area contributed by atoms with Crippen LogP contribution in [-0.2, 0) is 11.3 Å². The van der Waals surface area contributed by atoms with Gasteiger partial charge in [0.25, 0.3) is 0 Å². The molecule has 0 atom stereocenters. The number of likely N-dealkylation sites (tertiary alicyclic amines) is 1. The van der Waals surface area contributed by atoms with Gasteiger partial charge in [0.15, 0.2) is 5.11 Å². The molecule has 2 fully saturated rings. The molecule has 1 aromatic carbocycles. The van der Waals surface area contributed by atoms with E-state index in [4.69, 9.17) is 12.2 Å². The van der Waals surface area contributed by atoms with Crippen molar-refractivity contribution in [2.45, 2.75) is 70.4 Å². The van der Waals surface area contributed by atoms with Crippen LogP contribution in [0.25, 0.3) is 0 Å². The maximum atomic E-state index is 12.1. The predicted octanol–water partition coefficient (Wildman–Crippen LogP) is 4.00. The largest absolute Gasteiger partial charge is 0.360 e. The van der Waals surface area contributed by atoms with Gasteiger partial charge in [-0.3, -0.25) is 9.69 Å². The molecule has 2 aliphatic rings. The lowest BCUT2D eigenvalue weighted by atomic mass is 9.86. The Morgan fingerprint density at radius 3 is 2.44 bits per heavy atom. The molecule has 0 bridgehead atoms. The van der Waals surface area contributed by atoms with Gasteiger partial charge in [0.2, 0.25) is 5.91 Å². The summed E-state index contributed by atoms with van der Waals surface area (Å²) in [6.07, 6.45) is 10.3. The highest BCUT2D eigenvalue weighted by Crippen LogP contribution is 2.27. The van der Waals surface area contributed by atoms with E-state index in [1.54, 1.807) is 0 Å². The lowest BCUT2D eigenvalue weighted by Crippen LogP contribution is -2.48. The molecule has 1 aliphatic carbocycles. The van der Waals surface area contributed by atoms with Crippen LogP contribution in [-0.4, -0.2) is 35.1 Å². The van der Waals surface area contributed by atoms with Crippen LogP contribution in [0.2, 0.25) is 0 Å². The Balaban J connectivity index is 1.30. The monoisotopic (exact) mass is 387 g/mol. The van der Waals surface area contributed by atoms with Crippen molar-refractivity contribution in [2.75, 3.05) is 13.1 Å². The average Bonchev–Trinajstić information content (AvgIpc) is 2.69. The zero-order valence-electron chi connectivity index (χ0n) is 16.3. The second-order valence-corrected chi connectivity index (χ2v) is 8.51. The van der Waals surface area contributed by atoms with E-state index < -0.39 is 0 Å². The molecule has 4 nitrogen and oxygen atoms in total. The Morgan fingerprint density at radius 1 is 1.04 bits per heavy atom. The summed E-state index contributed by atoms with van der Waals surface area (Å²) in [5, 5.41) is 6.74. The second-order valence-electron chi connectivity index (χ2n) is 8.10. The molecule has 0 aromatic heterocycles. The number of rotatable bonds is 6. The molecule has 1 heterocycles. The molecule has 1 saturated heterocycles. The van der Waals surface area contributed by atoms with Crippen LogP contribution in [0.4, 0.5) is 0 Å². The third kappa shape index (κ3) is 7.23. The summed E-state index contributed by atoms with van der Waals surface area (Å²) in [4.78, 5) is 14.6. The van der Waals surface area contributed by atoms with Crippen LogP contribution < -0.4 is 10.6 Å². The van der Waals surface area contributed by atoms with Crippen LogP contribution in [0.1, 0.15) is 63.4 Å². The van der Waals surface area contributed by atoms with Crippen molar-refractivity contribution in [3.8, 4) is 0 Å². The topological polar surface area (TPSA) is 44.4 Å². The van der Waals surface area contributed by atoms with E-state index in [9.17, 15) is 4.79 Å². The fourth-order valence-electron chi connectivity index (χ4n) is 4.30. The lowest BCUT2D eigenvalue weighted by Gasteiger charge is -2.32. The van der Waals surface area contributed by atoms with Gasteiger partial charge in [0.05, 0.1) is 0 Å². The average molecular weight is 388 g/mol. The van der Waals surface area contributed by atoms with E-state index in [1.165, 1.54) is 37.7 Å². The normalized spacial score (nSPS) is 19.6. The van der Waals surface area contributed by atoms with Crippen LogP contribution in [0.3, 0.4) is 0 Å². The first kappa shape index (κ1) is 20.3. The number of amides is 1. The first-order valence-corrected chi connectivity index (χ1v) is 11.0. The van der Waals surface area contributed by atoms with Crippen molar-refractivity contribution >= 4 is 23.2 Å². The zero-order valence-corrected chi connectivity index (χ0v) is 17.1. The molecule has 5 heteroatoms. The van der Waals surface area contributed by atoms with Gasteiger partial charge in [-0.1, -0.05) is 62.4 Å². The van der Waals surface area contributed by atoms with Gasteiger partial charge in [0, 0.05) is 32.1 Å². The van der Waals surface area contributed by atoms with Gasteiger partial charge in [-0.2, -0.15) is 0 Å². The molecular weight excluding hydrogens is 354 g/mol. The van der Waals surface area contributed by atoms with Crippen molar-refractivity contribution in [1.29, 1.82) is 0 Å². The number of nitrogens with one attached hydrogen (secondary N) is 2. The quantitative estimate of drug-likeness (QED) is 0.724. The molecule has 0 radical (unpaired) electrons. The van der Waals surface area contributed by atoms with Gasteiger partial charge in [-0.15, -0.1) is 0 Å².